The molecule has 0 bridgehead atoms. The highest BCUT2D eigenvalue weighted by atomic mass is 28.3. The van der Waals surface area contributed by atoms with Gasteiger partial charge < -0.3 is 0 Å². The van der Waals surface area contributed by atoms with Crippen LogP contribution in [0.1, 0.15) is 0 Å². The third kappa shape index (κ3) is 5.26. The van der Waals surface area contributed by atoms with E-state index in [1.54, 1.807) is 0 Å². The lowest BCUT2D eigenvalue weighted by atomic mass is 9.96. The van der Waals surface area contributed by atoms with Crippen LogP contribution in [0.5, 0.6) is 0 Å². The van der Waals surface area contributed by atoms with Crippen LogP contribution in [0, 0.1) is 0 Å². The third-order valence-electron chi connectivity index (χ3n) is 11.9. The fourth-order valence-electron chi connectivity index (χ4n) is 9.64. The van der Waals surface area contributed by atoms with Gasteiger partial charge in [-0.05, 0) is 73.8 Å². The molecule has 0 heterocycles. The molecule has 0 fully saturated rings. The molecule has 0 aliphatic carbocycles. The van der Waals surface area contributed by atoms with Gasteiger partial charge in [0.25, 0.3) is 0 Å². The van der Waals surface area contributed by atoms with E-state index in [1.807, 2.05) is 0 Å². The van der Waals surface area contributed by atoms with Gasteiger partial charge in [-0.3, -0.25) is 0 Å². The van der Waals surface area contributed by atoms with Crippen molar-refractivity contribution in [3.05, 3.63) is 243 Å². The average Bonchev–Trinajstić information content (AvgIpc) is 3.29. The second-order valence-corrected chi connectivity index (χ2v) is 22.3. The van der Waals surface area contributed by atoms with E-state index in [0.717, 1.165) is 0 Å². The Labute approximate surface area is 331 Å². The van der Waals surface area contributed by atoms with Crippen LogP contribution in [-0.2, 0) is 0 Å². The Bertz CT molecular complexity index is 2530. The zero-order valence-corrected chi connectivity index (χ0v) is 33.1. The van der Waals surface area contributed by atoms with Gasteiger partial charge in [0.2, 0.25) is 0 Å². The van der Waals surface area contributed by atoms with E-state index in [9.17, 15) is 0 Å². The van der Waals surface area contributed by atoms with Gasteiger partial charge in [0, 0.05) is 0 Å². The first-order chi connectivity index (χ1) is 27.8. The SMILES string of the molecule is c1ccc([Si](c2ccccc2)(c2ccccc2)c2cc3ccccc3c3c([Si](c4ccccc4)(c4ccccc4)c4ccccc4)cc4ccccc4c23)cc1. The fraction of sp³-hybridized carbons (Fsp3) is 0. The average molecular weight is 745 g/mol. The number of rotatable bonds is 8. The van der Waals surface area contributed by atoms with Crippen molar-refractivity contribution >= 4 is 90.0 Å². The predicted molar refractivity (Wildman–Crippen MR) is 246 cm³/mol. The molecule has 0 unspecified atom stereocenters. The largest absolute Gasteiger partial charge is 0.180 e. The van der Waals surface area contributed by atoms with E-state index in [1.165, 1.54) is 73.8 Å². The zero-order chi connectivity index (χ0) is 37.4. The summed E-state index contributed by atoms with van der Waals surface area (Å²) in [7, 11) is -6.01. The molecule has 0 amide bonds. The standard InChI is InChI=1S/C54H40Si2/c1-7-25-43(26-8-1)55(44-27-9-2-10-28-44,45-29-11-3-12-30-45)51-39-41-23-19-22-38-50(41)54-52(40-42-24-20-21-37-49(42)53(51)54)56(46-31-13-4-14-32-46,47-33-15-5-16-34-47)48-35-17-6-18-36-48/h1-40H. The lowest BCUT2D eigenvalue weighted by molar-refractivity contribution is 1.67. The molecule has 0 atom stereocenters. The van der Waals surface area contributed by atoms with E-state index in [4.69, 9.17) is 0 Å². The molecule has 10 aromatic carbocycles. The Morgan fingerprint density at radius 3 is 0.679 bits per heavy atom. The van der Waals surface area contributed by atoms with E-state index in [0.29, 0.717) is 0 Å². The van der Waals surface area contributed by atoms with Crippen LogP contribution in [0.15, 0.2) is 243 Å². The lowest BCUT2D eigenvalue weighted by Gasteiger charge is -2.38. The van der Waals surface area contributed by atoms with Crippen LogP contribution in [0.4, 0.5) is 0 Å². The summed E-state index contributed by atoms with van der Waals surface area (Å²) in [4.78, 5) is 0. The predicted octanol–water partition coefficient (Wildman–Crippen LogP) is 7.90. The highest BCUT2D eigenvalue weighted by Gasteiger charge is 2.46. The minimum Gasteiger partial charge on any atom is -0.0623 e. The lowest BCUT2D eigenvalue weighted by Crippen LogP contribution is -2.76. The summed E-state index contributed by atoms with van der Waals surface area (Å²) in [5.74, 6) is 0. The Hall–Kier alpha value is -6.59. The summed E-state index contributed by atoms with van der Waals surface area (Å²) in [6.45, 7) is 0. The van der Waals surface area contributed by atoms with Gasteiger partial charge >= 0.3 is 0 Å². The maximum absolute atomic E-state index is 3.00. The Kier molecular flexibility index (Phi) is 8.63. The second-order valence-electron chi connectivity index (χ2n) is 14.7. The van der Waals surface area contributed by atoms with Gasteiger partial charge in [0.1, 0.15) is 0 Å². The van der Waals surface area contributed by atoms with Crippen LogP contribution >= 0.6 is 0 Å². The van der Waals surface area contributed by atoms with Crippen molar-refractivity contribution in [1.29, 1.82) is 0 Å². The third-order valence-corrected chi connectivity index (χ3v) is 21.5. The van der Waals surface area contributed by atoms with Crippen LogP contribution in [-0.4, -0.2) is 16.1 Å². The Morgan fingerprint density at radius 1 is 0.214 bits per heavy atom. The summed E-state index contributed by atoms with van der Waals surface area (Å²) in [5.41, 5.74) is 0. The molecule has 264 valence electrons. The molecular formula is C54H40Si2. The van der Waals surface area contributed by atoms with Crippen molar-refractivity contribution in [3.63, 3.8) is 0 Å². The van der Waals surface area contributed by atoms with Gasteiger partial charge in [-0.2, -0.15) is 0 Å². The first-order valence-electron chi connectivity index (χ1n) is 19.5. The van der Waals surface area contributed by atoms with Crippen LogP contribution < -0.4 is 41.5 Å². The monoisotopic (exact) mass is 744 g/mol. The molecule has 0 N–H and O–H groups in total. The molecule has 0 nitrogen and oxygen atoms in total. The molecule has 10 rings (SSSR count). The Morgan fingerprint density at radius 2 is 0.429 bits per heavy atom. The molecule has 0 spiro atoms. The topological polar surface area (TPSA) is 0 Å². The smallest absolute Gasteiger partial charge is 0.0623 e. The van der Waals surface area contributed by atoms with E-state index in [2.05, 4.69) is 243 Å². The van der Waals surface area contributed by atoms with Crippen LogP contribution in [0.2, 0.25) is 0 Å². The minimum absolute atomic E-state index is 1.27. The Balaban J connectivity index is 1.52. The van der Waals surface area contributed by atoms with Gasteiger partial charge in [0.15, 0.2) is 16.1 Å². The molecule has 2 heteroatoms. The maximum atomic E-state index is 2.57. The molecule has 0 aromatic heterocycles. The summed E-state index contributed by atoms with van der Waals surface area (Å²) in [6.07, 6.45) is 0. The van der Waals surface area contributed by atoms with Crippen molar-refractivity contribution in [2.45, 2.75) is 0 Å². The molecule has 0 saturated carbocycles. The van der Waals surface area contributed by atoms with E-state index in [-0.39, 0.29) is 0 Å². The van der Waals surface area contributed by atoms with Crippen molar-refractivity contribution in [1.82, 2.24) is 0 Å². The molecule has 0 saturated heterocycles. The normalized spacial score (nSPS) is 11.9. The maximum Gasteiger partial charge on any atom is 0.180 e. The summed E-state index contributed by atoms with van der Waals surface area (Å²) in [5, 5.41) is 18.9. The molecule has 10 aromatic rings. The van der Waals surface area contributed by atoms with Crippen LogP contribution in [0.3, 0.4) is 0 Å². The van der Waals surface area contributed by atoms with Gasteiger partial charge in [-0.25, -0.2) is 0 Å². The molecule has 0 aliphatic rings. The highest BCUT2D eigenvalue weighted by molar-refractivity contribution is 7.22. The van der Waals surface area contributed by atoms with Crippen molar-refractivity contribution in [3.8, 4) is 0 Å². The summed E-state index contributed by atoms with van der Waals surface area (Å²) >= 11 is 0. The number of hydrogen-bond acceptors (Lipinski definition) is 0. The zero-order valence-electron chi connectivity index (χ0n) is 31.1. The number of benzene rings is 10. The molecule has 0 aliphatic heterocycles. The van der Waals surface area contributed by atoms with Crippen molar-refractivity contribution in [2.24, 2.45) is 0 Å². The number of hydrogen-bond donors (Lipinski definition) is 0. The quantitative estimate of drug-likeness (QED) is 0.0844. The van der Waals surface area contributed by atoms with Gasteiger partial charge in [-0.1, -0.05) is 243 Å². The summed E-state index contributed by atoms with van der Waals surface area (Å²) < 4.78 is 0. The van der Waals surface area contributed by atoms with Gasteiger partial charge in [0.05, 0.1) is 0 Å². The first kappa shape index (κ1) is 33.9. The van der Waals surface area contributed by atoms with Crippen molar-refractivity contribution in [2.75, 3.05) is 0 Å². The van der Waals surface area contributed by atoms with E-state index >= 15 is 0 Å². The molecule has 56 heavy (non-hydrogen) atoms. The van der Waals surface area contributed by atoms with Crippen molar-refractivity contribution < 1.29 is 0 Å². The summed E-state index contributed by atoms with van der Waals surface area (Å²) in [6, 6.07) is 91.8. The first-order valence-corrected chi connectivity index (χ1v) is 23.5. The second kappa shape index (κ2) is 14.2. The van der Waals surface area contributed by atoms with E-state index < -0.39 is 16.1 Å². The highest BCUT2D eigenvalue weighted by Crippen LogP contribution is 2.33. The van der Waals surface area contributed by atoms with Gasteiger partial charge in [-0.15, -0.1) is 0 Å². The fourth-order valence-corrected chi connectivity index (χ4v) is 19.7. The minimum atomic E-state index is -3.00. The van der Waals surface area contributed by atoms with Crippen LogP contribution in [0.25, 0.3) is 32.3 Å². The number of fused-ring (bicyclic) bond motifs is 5. The molecular weight excluding hydrogens is 705 g/mol. The molecule has 0 radical (unpaired) electrons.